The minimum atomic E-state index is -0.186. The number of piperidine rings is 1. The number of anilines is 1. The zero-order valence-electron chi connectivity index (χ0n) is 21.4. The number of nitrogens with one attached hydrogen (secondary N) is 1. The average Bonchev–Trinajstić information content (AvgIpc) is 3.75. The van der Waals surface area contributed by atoms with Crippen LogP contribution in [0, 0.1) is 17.2 Å². The van der Waals surface area contributed by atoms with E-state index in [0.717, 1.165) is 55.9 Å². The molecule has 194 valence electrons. The zero-order valence-corrected chi connectivity index (χ0v) is 22.2. The first kappa shape index (κ1) is 25.1. The summed E-state index contributed by atoms with van der Waals surface area (Å²) in [6.07, 6.45) is 7.14. The van der Waals surface area contributed by atoms with Crippen LogP contribution in [0.2, 0.25) is 5.02 Å². The predicted molar refractivity (Wildman–Crippen MR) is 150 cm³/mol. The molecule has 3 aliphatic rings. The first-order chi connectivity index (χ1) is 18.5. The fourth-order valence-corrected chi connectivity index (χ4v) is 6.20. The van der Waals surface area contributed by atoms with E-state index < -0.39 is 0 Å². The predicted octanol–water partition coefficient (Wildman–Crippen LogP) is 5.69. The second-order valence-corrected chi connectivity index (χ2v) is 11.3. The third-order valence-electron chi connectivity index (χ3n) is 8.49. The van der Waals surface area contributed by atoms with Crippen molar-refractivity contribution in [2.45, 2.75) is 43.7 Å². The number of pyridine rings is 1. The van der Waals surface area contributed by atoms with Gasteiger partial charge in [-0.25, -0.2) is 4.98 Å². The van der Waals surface area contributed by atoms with Gasteiger partial charge in [-0.15, -0.1) is 0 Å². The molecule has 2 saturated heterocycles. The number of benzene rings is 2. The number of nitriles is 1. The van der Waals surface area contributed by atoms with Crippen LogP contribution in [0.1, 0.15) is 43.2 Å². The molecule has 3 heterocycles. The van der Waals surface area contributed by atoms with Crippen molar-refractivity contribution in [3.63, 3.8) is 0 Å². The van der Waals surface area contributed by atoms with Gasteiger partial charge in [-0.3, -0.25) is 9.69 Å². The molecule has 38 heavy (non-hydrogen) atoms. The van der Waals surface area contributed by atoms with Gasteiger partial charge in [0.15, 0.2) is 0 Å². The summed E-state index contributed by atoms with van der Waals surface area (Å²) < 4.78 is 0. The molecule has 1 amide bonds. The quantitative estimate of drug-likeness (QED) is 0.429. The summed E-state index contributed by atoms with van der Waals surface area (Å²) in [7, 11) is 0. The topological polar surface area (TPSA) is 72.3 Å². The lowest BCUT2D eigenvalue weighted by molar-refractivity contribution is -0.135. The number of rotatable bonds is 7. The van der Waals surface area contributed by atoms with Gasteiger partial charge in [0, 0.05) is 37.9 Å². The Morgan fingerprint density at radius 2 is 1.82 bits per heavy atom. The number of hydrogen-bond acceptors (Lipinski definition) is 5. The normalized spacial score (nSPS) is 21.3. The molecule has 3 fully saturated rings. The van der Waals surface area contributed by atoms with Crippen molar-refractivity contribution in [2.24, 2.45) is 5.92 Å². The van der Waals surface area contributed by atoms with Crippen LogP contribution in [-0.2, 0) is 10.3 Å². The van der Waals surface area contributed by atoms with Gasteiger partial charge in [-0.1, -0.05) is 48.0 Å². The smallest absolute Gasteiger partial charge is 0.242 e. The number of carbonyl (C=O) groups excluding carboxylic acids is 1. The van der Waals surface area contributed by atoms with Gasteiger partial charge >= 0.3 is 0 Å². The molecule has 2 aromatic carbocycles. The van der Waals surface area contributed by atoms with E-state index in [1.807, 2.05) is 24.3 Å². The third-order valence-corrected chi connectivity index (χ3v) is 8.72. The summed E-state index contributed by atoms with van der Waals surface area (Å²) in [6, 6.07) is 22.1. The highest BCUT2D eigenvalue weighted by atomic mass is 35.5. The highest BCUT2D eigenvalue weighted by Gasteiger charge is 2.50. The molecule has 2 aliphatic heterocycles. The molecule has 0 spiro atoms. The Hall–Kier alpha value is -3.24. The molecular formula is C31H32ClN5O. The van der Waals surface area contributed by atoms with E-state index >= 15 is 0 Å². The Labute approximate surface area is 229 Å². The molecule has 1 N–H and O–H groups in total. The molecule has 1 saturated carbocycles. The van der Waals surface area contributed by atoms with Gasteiger partial charge in [0.2, 0.25) is 5.91 Å². The third kappa shape index (κ3) is 5.07. The van der Waals surface area contributed by atoms with Crippen molar-refractivity contribution >= 4 is 23.3 Å². The maximum absolute atomic E-state index is 13.4. The minimum Gasteiger partial charge on any atom is -0.309 e. The maximum atomic E-state index is 13.4. The number of amides is 1. The molecule has 1 aromatic heterocycles. The summed E-state index contributed by atoms with van der Waals surface area (Å²) in [5.74, 6) is 1.40. The van der Waals surface area contributed by atoms with E-state index in [1.165, 1.54) is 24.9 Å². The lowest BCUT2D eigenvalue weighted by Crippen LogP contribution is -2.65. The fourth-order valence-electron chi connectivity index (χ4n) is 6.09. The zero-order chi connectivity index (χ0) is 26.1. The van der Waals surface area contributed by atoms with Gasteiger partial charge in [-0.05, 0) is 79.0 Å². The van der Waals surface area contributed by atoms with Crippen LogP contribution in [0.25, 0.3) is 11.1 Å². The monoisotopic (exact) mass is 525 g/mol. The van der Waals surface area contributed by atoms with Crippen molar-refractivity contribution in [2.75, 3.05) is 31.5 Å². The number of halogens is 1. The highest BCUT2D eigenvalue weighted by molar-refractivity contribution is 6.30. The van der Waals surface area contributed by atoms with Gasteiger partial charge in [0.25, 0.3) is 0 Å². The van der Waals surface area contributed by atoms with Gasteiger partial charge in [0.1, 0.15) is 5.82 Å². The van der Waals surface area contributed by atoms with Crippen LogP contribution in [0.4, 0.5) is 5.82 Å². The molecule has 1 atom stereocenters. The van der Waals surface area contributed by atoms with Crippen LogP contribution in [0.5, 0.6) is 0 Å². The molecule has 6 nitrogen and oxygen atoms in total. The number of hydrogen-bond donors (Lipinski definition) is 1. The molecule has 1 unspecified atom stereocenters. The Morgan fingerprint density at radius 1 is 1.03 bits per heavy atom. The second kappa shape index (κ2) is 10.5. The van der Waals surface area contributed by atoms with Gasteiger partial charge in [-0.2, -0.15) is 5.26 Å². The van der Waals surface area contributed by atoms with E-state index in [2.05, 4.69) is 50.4 Å². The summed E-state index contributed by atoms with van der Waals surface area (Å²) >= 11 is 5.97. The lowest BCUT2D eigenvalue weighted by atomic mass is 9.75. The van der Waals surface area contributed by atoms with E-state index in [1.54, 1.807) is 18.3 Å². The van der Waals surface area contributed by atoms with Crippen molar-refractivity contribution < 1.29 is 4.79 Å². The SMILES string of the molecule is N#Cc1cccc(-c2ccc(C3(N4CCC4C(=O)Nc4ccc(Cl)cn4)CCN(CC4CC4)CC3)cc2)c1. The minimum absolute atomic E-state index is 0.00389. The van der Waals surface area contributed by atoms with Crippen molar-refractivity contribution in [3.05, 3.63) is 83.0 Å². The first-order valence-electron chi connectivity index (χ1n) is 13.6. The molecule has 7 heteroatoms. The Bertz CT molecular complexity index is 1340. The molecule has 6 rings (SSSR count). The van der Waals surface area contributed by atoms with Crippen LogP contribution < -0.4 is 5.32 Å². The fraction of sp³-hybridized carbons (Fsp3) is 0.387. The van der Waals surface area contributed by atoms with Crippen molar-refractivity contribution in [1.29, 1.82) is 5.26 Å². The van der Waals surface area contributed by atoms with E-state index in [-0.39, 0.29) is 17.5 Å². The number of likely N-dealkylation sites (tertiary alicyclic amines) is 2. The first-order valence-corrected chi connectivity index (χ1v) is 13.9. The standard InChI is InChI=1S/C31H32ClN5O/c32-27-10-11-29(34-20-27)35-30(38)28-12-15-37(28)31(13-16-36(17-14-31)21-22-4-5-22)26-8-6-24(7-9-26)25-3-1-2-23(18-25)19-33/h1-3,6-11,18,20,22,28H,4-5,12-17,21H2,(H,34,35,38). The molecule has 0 bridgehead atoms. The Kier molecular flexibility index (Phi) is 6.92. The molecule has 0 radical (unpaired) electrons. The molecule has 1 aliphatic carbocycles. The summed E-state index contributed by atoms with van der Waals surface area (Å²) in [5.41, 5.74) is 3.89. The van der Waals surface area contributed by atoms with Crippen LogP contribution in [-0.4, -0.2) is 52.9 Å². The van der Waals surface area contributed by atoms with Crippen LogP contribution in [0.3, 0.4) is 0 Å². The largest absolute Gasteiger partial charge is 0.309 e. The van der Waals surface area contributed by atoms with Crippen molar-refractivity contribution in [3.8, 4) is 17.2 Å². The molecule has 3 aromatic rings. The summed E-state index contributed by atoms with van der Waals surface area (Å²) in [5, 5.41) is 12.9. The van der Waals surface area contributed by atoms with Crippen LogP contribution in [0.15, 0.2) is 66.9 Å². The van der Waals surface area contributed by atoms with E-state index in [4.69, 9.17) is 11.6 Å². The van der Waals surface area contributed by atoms with E-state index in [0.29, 0.717) is 16.4 Å². The molecular weight excluding hydrogens is 494 g/mol. The maximum Gasteiger partial charge on any atom is 0.242 e. The highest BCUT2D eigenvalue weighted by Crippen LogP contribution is 2.45. The number of carbonyl (C=O) groups is 1. The average molecular weight is 526 g/mol. The second-order valence-electron chi connectivity index (χ2n) is 10.9. The number of aromatic nitrogens is 1. The van der Waals surface area contributed by atoms with E-state index in [9.17, 15) is 10.1 Å². The van der Waals surface area contributed by atoms with Gasteiger partial charge < -0.3 is 10.2 Å². The number of nitrogens with zero attached hydrogens (tertiary/aromatic N) is 4. The lowest BCUT2D eigenvalue weighted by Gasteiger charge is -2.56. The van der Waals surface area contributed by atoms with Crippen LogP contribution >= 0.6 is 11.6 Å². The summed E-state index contributed by atoms with van der Waals surface area (Å²) in [4.78, 5) is 22.7. The van der Waals surface area contributed by atoms with Crippen molar-refractivity contribution in [1.82, 2.24) is 14.8 Å². The Morgan fingerprint density at radius 3 is 2.45 bits per heavy atom. The van der Waals surface area contributed by atoms with Gasteiger partial charge in [0.05, 0.1) is 22.7 Å². The summed E-state index contributed by atoms with van der Waals surface area (Å²) in [6.45, 7) is 4.20. The Balaban J connectivity index is 1.26.